The number of hydrogen-bond donors (Lipinski definition) is 2. The van der Waals surface area contributed by atoms with Crippen LogP contribution in [0.2, 0.25) is 0 Å². The normalized spacial score (nSPS) is 12.7. The van der Waals surface area contributed by atoms with Crippen LogP contribution in [0.15, 0.2) is 29.9 Å². The minimum Gasteiger partial charge on any atom is -0.389 e. The fourth-order valence-corrected chi connectivity index (χ4v) is 2.50. The van der Waals surface area contributed by atoms with E-state index in [9.17, 15) is 5.11 Å². The zero-order valence-corrected chi connectivity index (χ0v) is 12.5. The molecule has 2 rings (SSSR count). The van der Waals surface area contributed by atoms with Gasteiger partial charge in [0.2, 0.25) is 0 Å². The lowest BCUT2D eigenvalue weighted by atomic mass is 10.3. The summed E-state index contributed by atoms with van der Waals surface area (Å²) in [5.41, 5.74) is 0. The fourth-order valence-electron chi connectivity index (χ4n) is 1.86. The highest BCUT2D eigenvalue weighted by molar-refractivity contribution is 7.09. The van der Waals surface area contributed by atoms with Gasteiger partial charge in [0.15, 0.2) is 0 Å². The highest BCUT2D eigenvalue weighted by Crippen LogP contribution is 2.09. The fraction of sp³-hybridized carbons (Fsp3) is 0.500. The number of ether oxygens (including phenoxy) is 1. The second-order valence-corrected chi connectivity index (χ2v) is 5.69. The van der Waals surface area contributed by atoms with Crippen molar-refractivity contribution < 1.29 is 9.84 Å². The second-order valence-electron chi connectivity index (χ2n) is 4.66. The average molecular weight is 295 g/mol. The zero-order chi connectivity index (χ0) is 14.2. The maximum atomic E-state index is 9.78. The van der Waals surface area contributed by atoms with Crippen LogP contribution < -0.4 is 5.32 Å². The van der Waals surface area contributed by atoms with Crippen molar-refractivity contribution in [3.63, 3.8) is 0 Å². The molecule has 0 saturated carbocycles. The summed E-state index contributed by atoms with van der Waals surface area (Å²) in [6, 6.07) is 4.03. The summed E-state index contributed by atoms with van der Waals surface area (Å²) in [7, 11) is 1.98. The zero-order valence-electron chi connectivity index (χ0n) is 11.7. The van der Waals surface area contributed by atoms with E-state index in [-0.39, 0.29) is 0 Å². The van der Waals surface area contributed by atoms with Gasteiger partial charge in [-0.3, -0.25) is 0 Å². The van der Waals surface area contributed by atoms with Gasteiger partial charge in [0, 0.05) is 43.8 Å². The Morgan fingerprint density at radius 3 is 3.15 bits per heavy atom. The second kappa shape index (κ2) is 8.16. The summed E-state index contributed by atoms with van der Waals surface area (Å²) in [6.07, 6.45) is 4.11. The number of nitrogens with one attached hydrogen (secondary N) is 1. The number of aromatic nitrogens is 2. The number of nitrogens with zero attached hydrogens (tertiary/aromatic N) is 2. The maximum absolute atomic E-state index is 9.78. The van der Waals surface area contributed by atoms with Crippen LogP contribution in [-0.4, -0.2) is 40.5 Å². The minimum atomic E-state index is -0.476. The van der Waals surface area contributed by atoms with Crippen molar-refractivity contribution in [3.8, 4) is 0 Å². The number of aryl methyl sites for hydroxylation is 1. The Morgan fingerprint density at radius 2 is 2.45 bits per heavy atom. The molecule has 0 saturated heterocycles. The van der Waals surface area contributed by atoms with Crippen molar-refractivity contribution in [2.24, 2.45) is 7.05 Å². The third-order valence-electron chi connectivity index (χ3n) is 2.96. The molecule has 1 unspecified atom stereocenters. The van der Waals surface area contributed by atoms with Gasteiger partial charge in [-0.05, 0) is 11.4 Å². The first kappa shape index (κ1) is 15.2. The van der Waals surface area contributed by atoms with Crippen LogP contribution in [0.25, 0.3) is 0 Å². The average Bonchev–Trinajstić information content (AvgIpc) is 3.07. The molecule has 5 nitrogen and oxygen atoms in total. The molecule has 0 aliphatic carbocycles. The van der Waals surface area contributed by atoms with Gasteiger partial charge in [-0.1, -0.05) is 6.07 Å². The number of aliphatic hydroxyl groups is 1. The number of thiophene rings is 1. The van der Waals surface area contributed by atoms with Crippen LogP contribution >= 0.6 is 11.3 Å². The molecule has 0 amide bonds. The topological polar surface area (TPSA) is 59.3 Å². The molecule has 0 aliphatic heterocycles. The van der Waals surface area contributed by atoms with Crippen molar-refractivity contribution in [3.05, 3.63) is 40.6 Å². The van der Waals surface area contributed by atoms with Crippen molar-refractivity contribution in [2.75, 3.05) is 19.7 Å². The smallest absolute Gasteiger partial charge is 0.109 e. The molecule has 0 radical (unpaired) electrons. The Balaban J connectivity index is 1.52. The quantitative estimate of drug-likeness (QED) is 0.682. The summed E-state index contributed by atoms with van der Waals surface area (Å²) in [4.78, 5) is 5.43. The van der Waals surface area contributed by atoms with Gasteiger partial charge < -0.3 is 19.7 Å². The molecule has 0 aromatic carbocycles. The minimum absolute atomic E-state index is 0.354. The van der Waals surface area contributed by atoms with E-state index in [1.807, 2.05) is 35.3 Å². The molecule has 1 atom stereocenters. The largest absolute Gasteiger partial charge is 0.389 e. The van der Waals surface area contributed by atoms with E-state index in [1.165, 1.54) is 4.88 Å². The van der Waals surface area contributed by atoms with E-state index in [2.05, 4.69) is 10.3 Å². The SMILES string of the molecule is Cn1ccnc1CCNCC(O)COCc1cccs1. The van der Waals surface area contributed by atoms with Gasteiger partial charge >= 0.3 is 0 Å². The van der Waals surface area contributed by atoms with Gasteiger partial charge in [0.25, 0.3) is 0 Å². The summed E-state index contributed by atoms with van der Waals surface area (Å²) >= 11 is 1.66. The lowest BCUT2D eigenvalue weighted by Gasteiger charge is -2.12. The van der Waals surface area contributed by atoms with Crippen LogP contribution in [0.3, 0.4) is 0 Å². The molecular formula is C14H21N3O2S. The highest BCUT2D eigenvalue weighted by Gasteiger charge is 2.05. The molecule has 6 heteroatoms. The molecule has 20 heavy (non-hydrogen) atoms. The summed E-state index contributed by atoms with van der Waals surface area (Å²) in [5.74, 6) is 1.04. The third kappa shape index (κ3) is 5.05. The van der Waals surface area contributed by atoms with Crippen LogP contribution in [0, 0.1) is 0 Å². The van der Waals surface area contributed by atoms with E-state index >= 15 is 0 Å². The Labute approximate surface area is 123 Å². The Morgan fingerprint density at radius 1 is 1.55 bits per heavy atom. The molecule has 2 N–H and O–H groups in total. The lowest BCUT2D eigenvalue weighted by molar-refractivity contribution is 0.0300. The predicted octanol–water partition coefficient (Wildman–Crippen LogP) is 1.19. The Bertz CT molecular complexity index is 484. The standard InChI is InChI=1S/C14H21N3O2S/c1-17-7-6-16-14(17)4-5-15-9-12(18)10-19-11-13-3-2-8-20-13/h2-3,6-8,12,15,18H,4-5,9-11H2,1H3. The molecule has 110 valence electrons. The van der Waals surface area contributed by atoms with E-state index in [0.29, 0.717) is 19.8 Å². The maximum Gasteiger partial charge on any atom is 0.109 e. The molecule has 2 aromatic heterocycles. The van der Waals surface area contributed by atoms with Crippen LogP contribution in [0.4, 0.5) is 0 Å². The summed E-state index contributed by atoms with van der Waals surface area (Å²) < 4.78 is 7.47. The number of rotatable bonds is 9. The summed E-state index contributed by atoms with van der Waals surface area (Å²) in [5, 5.41) is 15.0. The van der Waals surface area contributed by atoms with Crippen LogP contribution in [0.1, 0.15) is 10.7 Å². The van der Waals surface area contributed by atoms with Gasteiger partial charge in [0.1, 0.15) is 5.82 Å². The van der Waals surface area contributed by atoms with E-state index < -0.39 is 6.10 Å². The first-order valence-corrected chi connectivity index (χ1v) is 7.59. The monoisotopic (exact) mass is 295 g/mol. The van der Waals surface area contributed by atoms with Gasteiger partial charge in [-0.2, -0.15) is 0 Å². The first-order chi connectivity index (χ1) is 9.75. The number of hydrogen-bond acceptors (Lipinski definition) is 5. The molecule has 0 spiro atoms. The van der Waals surface area contributed by atoms with E-state index in [1.54, 1.807) is 17.5 Å². The molecule has 0 fully saturated rings. The lowest BCUT2D eigenvalue weighted by Crippen LogP contribution is -2.31. The molecule has 2 heterocycles. The Hall–Kier alpha value is -1.21. The van der Waals surface area contributed by atoms with Crippen molar-refractivity contribution in [1.29, 1.82) is 0 Å². The van der Waals surface area contributed by atoms with Gasteiger partial charge in [-0.15, -0.1) is 11.3 Å². The van der Waals surface area contributed by atoms with Crippen LogP contribution in [-0.2, 0) is 24.8 Å². The molecule has 2 aromatic rings. The first-order valence-electron chi connectivity index (χ1n) is 6.71. The molecule has 0 aliphatic rings. The highest BCUT2D eigenvalue weighted by atomic mass is 32.1. The predicted molar refractivity (Wildman–Crippen MR) is 79.8 cm³/mol. The Kier molecular flexibility index (Phi) is 6.20. The summed E-state index contributed by atoms with van der Waals surface area (Å²) in [6.45, 7) is 2.26. The van der Waals surface area contributed by atoms with E-state index in [4.69, 9.17) is 4.74 Å². The molecule has 0 bridgehead atoms. The van der Waals surface area contributed by atoms with Crippen molar-refractivity contribution in [1.82, 2.24) is 14.9 Å². The van der Waals surface area contributed by atoms with Crippen LogP contribution in [0.5, 0.6) is 0 Å². The van der Waals surface area contributed by atoms with Crippen molar-refractivity contribution >= 4 is 11.3 Å². The van der Waals surface area contributed by atoms with E-state index in [0.717, 1.165) is 18.8 Å². The number of aliphatic hydroxyl groups excluding tert-OH is 1. The third-order valence-corrected chi connectivity index (χ3v) is 3.81. The van der Waals surface area contributed by atoms with Gasteiger partial charge in [0.05, 0.1) is 19.3 Å². The molecular weight excluding hydrogens is 274 g/mol. The van der Waals surface area contributed by atoms with Gasteiger partial charge in [-0.25, -0.2) is 4.98 Å². The van der Waals surface area contributed by atoms with Crippen molar-refractivity contribution in [2.45, 2.75) is 19.1 Å². The number of imidazole rings is 1.